The molecule has 0 radical (unpaired) electrons. The maximum Gasteiger partial charge on any atom is 0.0596 e. The second kappa shape index (κ2) is 8.88. The fraction of sp³-hybridized carbons (Fsp3) is 0.667. The Hall–Kier alpha value is -1.13. The molecule has 0 fully saturated rings. The molecular weight excluding hydrogens is 238 g/mol. The van der Waals surface area contributed by atoms with Crippen molar-refractivity contribution in [3.63, 3.8) is 0 Å². The van der Waals surface area contributed by atoms with Crippen molar-refractivity contribution in [2.75, 3.05) is 32.1 Å². The van der Waals surface area contributed by atoms with Crippen molar-refractivity contribution in [2.24, 2.45) is 0 Å². The Morgan fingerprint density at radius 2 is 2.21 bits per heavy atom. The fourth-order valence-electron chi connectivity index (χ4n) is 1.74. The van der Waals surface area contributed by atoms with E-state index in [4.69, 9.17) is 4.74 Å². The summed E-state index contributed by atoms with van der Waals surface area (Å²) in [5, 5.41) is 3.38. The average molecular weight is 265 g/mol. The minimum absolute atomic E-state index is 0.299. The smallest absolute Gasteiger partial charge is 0.0596 e. The van der Waals surface area contributed by atoms with Crippen LogP contribution in [0.3, 0.4) is 0 Å². The Bertz CT molecular complexity index is 355. The molecule has 0 saturated heterocycles. The Labute approximate surface area is 117 Å². The van der Waals surface area contributed by atoms with Crippen LogP contribution < -0.4 is 5.32 Å². The summed E-state index contributed by atoms with van der Waals surface area (Å²) in [7, 11) is 2.09. The van der Waals surface area contributed by atoms with Crippen LogP contribution in [-0.4, -0.2) is 42.7 Å². The third-order valence-corrected chi connectivity index (χ3v) is 2.75. The molecule has 0 bridgehead atoms. The van der Waals surface area contributed by atoms with Crippen molar-refractivity contribution in [3.05, 3.63) is 24.0 Å². The molecule has 0 spiro atoms. The Balaban J connectivity index is 2.38. The van der Waals surface area contributed by atoms with E-state index in [-0.39, 0.29) is 0 Å². The molecule has 0 aliphatic rings. The van der Waals surface area contributed by atoms with E-state index in [1.54, 1.807) is 0 Å². The number of nitrogens with one attached hydrogen (secondary N) is 1. The van der Waals surface area contributed by atoms with Gasteiger partial charge in [-0.2, -0.15) is 0 Å². The lowest BCUT2D eigenvalue weighted by Crippen LogP contribution is -2.24. The predicted octanol–water partition coefficient (Wildman–Crippen LogP) is 2.76. The maximum atomic E-state index is 5.55. The molecule has 4 heteroatoms. The van der Waals surface area contributed by atoms with Crippen LogP contribution in [0.2, 0.25) is 0 Å². The van der Waals surface area contributed by atoms with Crippen LogP contribution in [0.4, 0.5) is 5.69 Å². The molecule has 0 aromatic carbocycles. The summed E-state index contributed by atoms with van der Waals surface area (Å²) in [6.45, 7) is 9.82. The first-order chi connectivity index (χ1) is 9.11. The second-order valence-corrected chi connectivity index (χ2v) is 5.12. The molecule has 1 aromatic rings. The van der Waals surface area contributed by atoms with Gasteiger partial charge in [-0.05, 0) is 39.4 Å². The molecule has 0 aliphatic carbocycles. The van der Waals surface area contributed by atoms with Gasteiger partial charge in [0.15, 0.2) is 0 Å². The number of hydrogen-bond donors (Lipinski definition) is 1. The van der Waals surface area contributed by atoms with Crippen molar-refractivity contribution in [3.8, 4) is 0 Å². The van der Waals surface area contributed by atoms with Crippen molar-refractivity contribution in [2.45, 2.75) is 39.8 Å². The lowest BCUT2D eigenvalue weighted by Gasteiger charge is -2.17. The summed E-state index contributed by atoms with van der Waals surface area (Å²) in [5.41, 5.74) is 2.24. The Morgan fingerprint density at radius 1 is 1.42 bits per heavy atom. The lowest BCUT2D eigenvalue weighted by atomic mass is 10.3. The first-order valence-electron chi connectivity index (χ1n) is 7.10. The van der Waals surface area contributed by atoms with E-state index in [9.17, 15) is 0 Å². The van der Waals surface area contributed by atoms with Crippen molar-refractivity contribution in [1.29, 1.82) is 0 Å². The monoisotopic (exact) mass is 265 g/mol. The number of nitrogens with zero attached hydrogens (tertiary/aromatic N) is 2. The van der Waals surface area contributed by atoms with Gasteiger partial charge in [0, 0.05) is 31.5 Å². The highest BCUT2D eigenvalue weighted by molar-refractivity contribution is 5.43. The van der Waals surface area contributed by atoms with Gasteiger partial charge in [0.05, 0.1) is 18.4 Å². The van der Waals surface area contributed by atoms with Gasteiger partial charge >= 0.3 is 0 Å². The normalized spacial score (nSPS) is 11.3. The first kappa shape index (κ1) is 15.9. The summed E-state index contributed by atoms with van der Waals surface area (Å²) >= 11 is 0. The van der Waals surface area contributed by atoms with Gasteiger partial charge in [-0.3, -0.25) is 9.88 Å². The average Bonchev–Trinajstić information content (AvgIpc) is 2.36. The molecule has 0 unspecified atom stereocenters. The molecular formula is C15H27N3O. The van der Waals surface area contributed by atoms with Gasteiger partial charge in [-0.1, -0.05) is 6.92 Å². The van der Waals surface area contributed by atoms with Gasteiger partial charge in [0.1, 0.15) is 0 Å². The van der Waals surface area contributed by atoms with Gasteiger partial charge in [0.25, 0.3) is 0 Å². The highest BCUT2D eigenvalue weighted by Crippen LogP contribution is 2.09. The molecule has 1 aromatic heterocycles. The fourth-order valence-corrected chi connectivity index (χ4v) is 1.74. The van der Waals surface area contributed by atoms with Crippen LogP contribution in [0.25, 0.3) is 0 Å². The molecule has 0 amide bonds. The zero-order valence-electron chi connectivity index (χ0n) is 12.6. The van der Waals surface area contributed by atoms with Crippen molar-refractivity contribution >= 4 is 5.69 Å². The topological polar surface area (TPSA) is 37.4 Å². The Kier molecular flexibility index (Phi) is 7.45. The molecule has 0 saturated carbocycles. The lowest BCUT2D eigenvalue weighted by molar-refractivity contribution is 0.0625. The molecule has 19 heavy (non-hydrogen) atoms. The highest BCUT2D eigenvalue weighted by atomic mass is 16.5. The number of rotatable bonds is 9. The molecule has 0 aliphatic heterocycles. The van der Waals surface area contributed by atoms with Gasteiger partial charge < -0.3 is 10.1 Å². The van der Waals surface area contributed by atoms with Gasteiger partial charge in [0.2, 0.25) is 0 Å². The van der Waals surface area contributed by atoms with E-state index in [0.717, 1.165) is 44.0 Å². The van der Waals surface area contributed by atoms with Crippen LogP contribution >= 0.6 is 0 Å². The van der Waals surface area contributed by atoms with Gasteiger partial charge in [-0.25, -0.2) is 0 Å². The van der Waals surface area contributed by atoms with Crippen molar-refractivity contribution in [1.82, 2.24) is 9.88 Å². The third kappa shape index (κ3) is 7.13. The van der Waals surface area contributed by atoms with E-state index >= 15 is 0 Å². The summed E-state index contributed by atoms with van der Waals surface area (Å²) < 4.78 is 5.55. The molecule has 1 heterocycles. The van der Waals surface area contributed by atoms with E-state index in [2.05, 4.69) is 49.1 Å². The molecule has 1 rings (SSSR count). The predicted molar refractivity (Wildman–Crippen MR) is 80.4 cm³/mol. The standard InChI is InChI=1S/C15H27N3O/c1-5-7-16-14-6-8-17-15(11-14)12-18(4)9-10-19-13(2)3/h6,8,11,13H,5,7,9-10,12H2,1-4H3,(H,16,17). The zero-order valence-corrected chi connectivity index (χ0v) is 12.6. The first-order valence-corrected chi connectivity index (χ1v) is 7.10. The van der Waals surface area contributed by atoms with Gasteiger partial charge in [-0.15, -0.1) is 0 Å². The summed E-state index contributed by atoms with van der Waals surface area (Å²) in [6.07, 6.45) is 3.30. The van der Waals surface area contributed by atoms with E-state index in [0.29, 0.717) is 6.10 Å². The SMILES string of the molecule is CCCNc1ccnc(CN(C)CCOC(C)C)c1. The van der Waals surface area contributed by atoms with Crippen LogP contribution in [-0.2, 0) is 11.3 Å². The van der Waals surface area contributed by atoms with Crippen LogP contribution in [0.15, 0.2) is 18.3 Å². The van der Waals surface area contributed by atoms with Crippen molar-refractivity contribution < 1.29 is 4.74 Å². The van der Waals surface area contributed by atoms with Crippen LogP contribution in [0, 0.1) is 0 Å². The number of aromatic nitrogens is 1. The number of likely N-dealkylation sites (N-methyl/N-ethyl adjacent to an activating group) is 1. The second-order valence-electron chi connectivity index (χ2n) is 5.12. The molecule has 1 N–H and O–H groups in total. The minimum Gasteiger partial charge on any atom is -0.385 e. The molecule has 0 atom stereocenters. The third-order valence-electron chi connectivity index (χ3n) is 2.75. The van der Waals surface area contributed by atoms with E-state index < -0.39 is 0 Å². The summed E-state index contributed by atoms with van der Waals surface area (Å²) in [6, 6.07) is 4.14. The van der Waals surface area contributed by atoms with E-state index in [1.165, 1.54) is 0 Å². The summed E-state index contributed by atoms with van der Waals surface area (Å²) in [4.78, 5) is 6.64. The maximum absolute atomic E-state index is 5.55. The van der Waals surface area contributed by atoms with Crippen LogP contribution in [0.5, 0.6) is 0 Å². The number of ether oxygens (including phenoxy) is 1. The van der Waals surface area contributed by atoms with E-state index in [1.807, 2.05) is 12.3 Å². The quantitative estimate of drug-likeness (QED) is 0.745. The summed E-state index contributed by atoms with van der Waals surface area (Å²) in [5.74, 6) is 0. The highest BCUT2D eigenvalue weighted by Gasteiger charge is 2.03. The van der Waals surface area contributed by atoms with Crippen LogP contribution in [0.1, 0.15) is 32.9 Å². The Morgan fingerprint density at radius 3 is 2.89 bits per heavy atom. The molecule has 4 nitrogen and oxygen atoms in total. The minimum atomic E-state index is 0.299. The number of hydrogen-bond acceptors (Lipinski definition) is 4. The number of anilines is 1. The number of pyridine rings is 1. The zero-order chi connectivity index (χ0) is 14.1. The molecule has 108 valence electrons. The largest absolute Gasteiger partial charge is 0.385 e.